The minimum absolute atomic E-state index is 0.133. The van der Waals surface area contributed by atoms with Crippen LogP contribution < -0.4 is 32.7 Å². The van der Waals surface area contributed by atoms with E-state index < -0.39 is 0 Å². The number of rotatable bonds is 20. The van der Waals surface area contributed by atoms with Gasteiger partial charge in [0, 0.05) is 25.2 Å². The topological polar surface area (TPSA) is 172 Å². The first kappa shape index (κ1) is 28.0. The molecular formula is C23H43N7O4. The van der Waals surface area contributed by atoms with Gasteiger partial charge in [-0.1, -0.05) is 0 Å². The number of carbonyl (C=O) groups is 4. The molecule has 0 aromatic carbocycles. The summed E-state index contributed by atoms with van der Waals surface area (Å²) in [7, 11) is 1.72. The Balaban J connectivity index is 1.46. The van der Waals surface area contributed by atoms with Crippen LogP contribution in [0.15, 0.2) is 0 Å². The van der Waals surface area contributed by atoms with Crippen molar-refractivity contribution in [2.45, 2.75) is 88.4 Å². The number of carbonyl (C=O) groups excluding carboxylic acids is 4. The van der Waals surface area contributed by atoms with E-state index in [9.17, 15) is 19.2 Å². The fourth-order valence-electron chi connectivity index (χ4n) is 3.75. The van der Waals surface area contributed by atoms with Crippen molar-refractivity contribution in [2.75, 3.05) is 33.2 Å². The van der Waals surface area contributed by atoms with Gasteiger partial charge in [0.15, 0.2) is 0 Å². The fraction of sp³-hybridized carbons (Fsp3) is 0.826. The lowest BCUT2D eigenvalue weighted by molar-refractivity contribution is -0.125. The molecule has 0 aromatic rings. The number of hydrogen-bond donors (Lipinski definition) is 6. The van der Waals surface area contributed by atoms with Gasteiger partial charge in [0.2, 0.25) is 23.6 Å². The van der Waals surface area contributed by atoms with Gasteiger partial charge >= 0.3 is 0 Å². The van der Waals surface area contributed by atoms with E-state index in [-0.39, 0.29) is 48.8 Å². The molecule has 0 heterocycles. The van der Waals surface area contributed by atoms with Crippen LogP contribution in [0.2, 0.25) is 0 Å². The van der Waals surface area contributed by atoms with Gasteiger partial charge in [0.1, 0.15) is 0 Å². The van der Waals surface area contributed by atoms with Crippen LogP contribution in [0.25, 0.3) is 0 Å². The third-order valence-electron chi connectivity index (χ3n) is 6.03. The highest BCUT2D eigenvalue weighted by atomic mass is 16.2. The maximum absolute atomic E-state index is 12.1. The molecule has 0 bridgehead atoms. The van der Waals surface area contributed by atoms with Crippen molar-refractivity contribution in [3.63, 3.8) is 0 Å². The quantitative estimate of drug-likeness (QED) is 0.117. The molecule has 2 saturated carbocycles. The van der Waals surface area contributed by atoms with Crippen molar-refractivity contribution in [1.82, 2.24) is 26.2 Å². The van der Waals surface area contributed by atoms with Crippen molar-refractivity contribution in [2.24, 2.45) is 11.5 Å². The van der Waals surface area contributed by atoms with E-state index in [0.717, 1.165) is 51.4 Å². The molecule has 2 fully saturated rings. The summed E-state index contributed by atoms with van der Waals surface area (Å²) in [6.45, 7) is 1.31. The van der Waals surface area contributed by atoms with Crippen LogP contribution in [-0.2, 0) is 19.2 Å². The molecule has 2 aliphatic carbocycles. The van der Waals surface area contributed by atoms with Crippen LogP contribution in [0.4, 0.5) is 0 Å². The van der Waals surface area contributed by atoms with Gasteiger partial charge in [-0.3, -0.25) is 24.1 Å². The molecule has 11 nitrogen and oxygen atoms in total. The Hall–Kier alpha value is -2.24. The average molecular weight is 482 g/mol. The predicted molar refractivity (Wildman–Crippen MR) is 129 cm³/mol. The molecule has 2 rings (SSSR count). The van der Waals surface area contributed by atoms with E-state index in [0.29, 0.717) is 38.0 Å². The van der Waals surface area contributed by atoms with Gasteiger partial charge < -0.3 is 32.7 Å². The molecular weight excluding hydrogens is 438 g/mol. The van der Waals surface area contributed by atoms with E-state index in [1.807, 2.05) is 0 Å². The second-order valence-electron chi connectivity index (χ2n) is 9.66. The number of nitrogens with two attached hydrogens (primary N) is 2. The number of nitrogens with one attached hydrogen (secondary N) is 4. The van der Waals surface area contributed by atoms with Crippen molar-refractivity contribution in [3.8, 4) is 0 Å². The van der Waals surface area contributed by atoms with Gasteiger partial charge in [0.05, 0.1) is 25.2 Å². The van der Waals surface area contributed by atoms with E-state index in [1.54, 1.807) is 11.9 Å². The van der Waals surface area contributed by atoms with Crippen LogP contribution in [0.3, 0.4) is 0 Å². The number of likely N-dealkylation sites (N-methyl/N-ethyl adjacent to an activating group) is 1. The maximum Gasteiger partial charge on any atom is 0.234 e. The van der Waals surface area contributed by atoms with Crippen LogP contribution in [0, 0.1) is 0 Å². The molecule has 0 radical (unpaired) electrons. The number of primary amides is 2. The number of amides is 4. The maximum atomic E-state index is 12.1. The molecule has 0 saturated heterocycles. The van der Waals surface area contributed by atoms with Crippen LogP contribution >= 0.6 is 0 Å². The average Bonchev–Trinajstić information content (AvgIpc) is 3.67. The largest absolute Gasteiger partial charge is 0.368 e. The Kier molecular flexibility index (Phi) is 12.3. The van der Waals surface area contributed by atoms with E-state index in [2.05, 4.69) is 21.3 Å². The summed E-state index contributed by atoms with van der Waals surface area (Å²) in [5, 5.41) is 12.2. The third kappa shape index (κ3) is 12.9. The Morgan fingerprint density at radius 1 is 0.735 bits per heavy atom. The monoisotopic (exact) mass is 481 g/mol. The Labute approximate surface area is 202 Å². The first-order chi connectivity index (χ1) is 16.2. The highest BCUT2D eigenvalue weighted by molar-refractivity contribution is 5.81. The van der Waals surface area contributed by atoms with E-state index >= 15 is 0 Å². The first-order valence-corrected chi connectivity index (χ1v) is 12.6. The summed E-state index contributed by atoms with van der Waals surface area (Å²) in [6.07, 6.45) is 8.84. The van der Waals surface area contributed by atoms with Gasteiger partial charge in [0.25, 0.3) is 0 Å². The van der Waals surface area contributed by atoms with Gasteiger partial charge in [-0.25, -0.2) is 0 Å². The van der Waals surface area contributed by atoms with Crippen molar-refractivity contribution < 1.29 is 19.2 Å². The van der Waals surface area contributed by atoms with E-state index in [4.69, 9.17) is 11.5 Å². The van der Waals surface area contributed by atoms with Crippen molar-refractivity contribution in [1.29, 1.82) is 0 Å². The van der Waals surface area contributed by atoms with Gasteiger partial charge in [-0.2, -0.15) is 0 Å². The summed E-state index contributed by atoms with van der Waals surface area (Å²) in [5.74, 6) is -0.926. The summed E-state index contributed by atoms with van der Waals surface area (Å²) in [4.78, 5) is 48.7. The molecule has 2 unspecified atom stereocenters. The second kappa shape index (κ2) is 14.9. The van der Waals surface area contributed by atoms with Gasteiger partial charge in [-0.15, -0.1) is 0 Å². The van der Waals surface area contributed by atoms with Crippen LogP contribution in [0.5, 0.6) is 0 Å². The molecule has 2 aliphatic rings. The standard InChI is InChI=1S/C23H43N7O4/c1-30(14-20(31)26-12-4-2-6-18(22(24)33)28-16-8-9-16)15-21(32)27-13-5-3-7-19(23(25)34)29-17-10-11-17/h16-19,28-29H,2-15H2,1H3,(H2,24,33)(H2,25,34)(H,26,31)(H,27,32). The molecule has 2 atom stereocenters. The lowest BCUT2D eigenvalue weighted by Gasteiger charge is -2.17. The molecule has 34 heavy (non-hydrogen) atoms. The Bertz CT molecular complexity index is 626. The molecule has 11 heteroatoms. The zero-order valence-corrected chi connectivity index (χ0v) is 20.4. The smallest absolute Gasteiger partial charge is 0.234 e. The van der Waals surface area contributed by atoms with E-state index in [1.165, 1.54) is 0 Å². The lowest BCUT2D eigenvalue weighted by atomic mass is 10.1. The molecule has 194 valence electrons. The minimum Gasteiger partial charge on any atom is -0.368 e. The van der Waals surface area contributed by atoms with Crippen molar-refractivity contribution >= 4 is 23.6 Å². The second-order valence-corrected chi connectivity index (χ2v) is 9.66. The SMILES string of the molecule is CN(CC(=O)NCCCCC(NC1CC1)C(N)=O)CC(=O)NCCCCC(NC1CC1)C(N)=O. The molecule has 0 aromatic heterocycles. The summed E-state index contributed by atoms with van der Waals surface area (Å²) < 4.78 is 0. The minimum atomic E-state index is -0.323. The number of nitrogens with zero attached hydrogens (tertiary/aromatic N) is 1. The Morgan fingerprint density at radius 3 is 1.44 bits per heavy atom. The molecule has 0 spiro atoms. The fourth-order valence-corrected chi connectivity index (χ4v) is 3.75. The zero-order chi connectivity index (χ0) is 24.9. The molecule has 0 aliphatic heterocycles. The molecule has 4 amide bonds. The lowest BCUT2D eigenvalue weighted by Crippen LogP contribution is -2.43. The normalized spacial score (nSPS) is 17.2. The third-order valence-corrected chi connectivity index (χ3v) is 6.03. The molecule has 8 N–H and O–H groups in total. The van der Waals surface area contributed by atoms with Crippen molar-refractivity contribution in [3.05, 3.63) is 0 Å². The summed E-state index contributed by atoms with van der Waals surface area (Å²) >= 11 is 0. The number of hydrogen-bond acceptors (Lipinski definition) is 7. The predicted octanol–water partition coefficient (Wildman–Crippen LogP) is -1.30. The van der Waals surface area contributed by atoms with Crippen LogP contribution in [-0.4, -0.2) is 85.9 Å². The Morgan fingerprint density at radius 2 is 1.12 bits per heavy atom. The van der Waals surface area contributed by atoms with Crippen LogP contribution in [0.1, 0.15) is 64.2 Å². The zero-order valence-electron chi connectivity index (χ0n) is 20.4. The highest BCUT2D eigenvalue weighted by Gasteiger charge is 2.27. The highest BCUT2D eigenvalue weighted by Crippen LogP contribution is 2.21. The van der Waals surface area contributed by atoms with Gasteiger partial charge in [-0.05, 0) is 71.3 Å². The number of unbranched alkanes of at least 4 members (excludes halogenated alkanes) is 2. The first-order valence-electron chi connectivity index (χ1n) is 12.6. The summed E-state index contributed by atoms with van der Waals surface area (Å²) in [6, 6.07) is 0.260. The summed E-state index contributed by atoms with van der Waals surface area (Å²) in [5.41, 5.74) is 10.9.